The van der Waals surface area contributed by atoms with Crippen molar-refractivity contribution in [1.82, 2.24) is 14.9 Å². The third kappa shape index (κ3) is 2.54. The average Bonchev–Trinajstić information content (AvgIpc) is 2.82. The zero-order chi connectivity index (χ0) is 14.1. The molecule has 0 spiro atoms. The van der Waals surface area contributed by atoms with Gasteiger partial charge in [0.1, 0.15) is 18.0 Å². The number of halogens is 1. The van der Waals surface area contributed by atoms with E-state index in [1.54, 1.807) is 6.08 Å². The summed E-state index contributed by atoms with van der Waals surface area (Å²) in [6, 6.07) is 1.05. The van der Waals surface area contributed by atoms with E-state index in [1.165, 1.54) is 19.2 Å². The van der Waals surface area contributed by atoms with Gasteiger partial charge in [0.25, 0.3) is 0 Å². The summed E-state index contributed by atoms with van der Waals surface area (Å²) in [5.74, 6) is 0.472. The largest absolute Gasteiger partial charge is 0.367 e. The van der Waals surface area contributed by atoms with Crippen molar-refractivity contribution >= 4 is 11.6 Å². The topological polar surface area (TPSA) is 41.0 Å². The predicted octanol–water partition coefficient (Wildman–Crippen LogP) is 2.63. The van der Waals surface area contributed by atoms with E-state index in [0.29, 0.717) is 29.9 Å². The lowest BCUT2D eigenvalue weighted by molar-refractivity contribution is 0.221. The van der Waals surface area contributed by atoms with Crippen molar-refractivity contribution in [3.05, 3.63) is 23.7 Å². The Kier molecular flexibility index (Phi) is 3.70. The van der Waals surface area contributed by atoms with Crippen molar-refractivity contribution in [2.45, 2.75) is 44.2 Å². The first-order valence-corrected chi connectivity index (χ1v) is 7.28. The maximum Gasteiger partial charge on any atom is 0.140 e. The number of anilines is 1. The van der Waals surface area contributed by atoms with Crippen LogP contribution in [0.2, 0.25) is 0 Å². The van der Waals surface area contributed by atoms with Crippen LogP contribution < -0.4 is 5.32 Å². The summed E-state index contributed by atoms with van der Waals surface area (Å²) >= 11 is 0. The molecule has 1 aromatic rings. The normalized spacial score (nSPS) is 25.5. The highest BCUT2D eigenvalue weighted by Crippen LogP contribution is 2.33. The summed E-state index contributed by atoms with van der Waals surface area (Å²) in [4.78, 5) is 10.7. The number of hydrogen-bond acceptors (Lipinski definition) is 4. The molecule has 1 saturated carbocycles. The standard InChI is InChI=1S/C15H21FN4/c1-20(2)11-5-3-10(4-6-11)19-15-14-12(16)7-8-13(14)17-9-18-15/h7,9-11H,3-6,8H2,1-2H3,(H,17,18,19). The molecule has 1 fully saturated rings. The predicted molar refractivity (Wildman–Crippen MR) is 78.2 cm³/mol. The Morgan fingerprint density at radius 3 is 2.65 bits per heavy atom. The molecule has 1 aromatic heterocycles. The van der Waals surface area contributed by atoms with Gasteiger partial charge in [0.05, 0.1) is 11.3 Å². The highest BCUT2D eigenvalue weighted by molar-refractivity contribution is 5.75. The van der Waals surface area contributed by atoms with Gasteiger partial charge in [0, 0.05) is 18.5 Å². The molecule has 4 nitrogen and oxygen atoms in total. The number of allylic oxidation sites excluding steroid dienone is 1. The summed E-state index contributed by atoms with van der Waals surface area (Å²) in [6.07, 6.45) is 8.24. The van der Waals surface area contributed by atoms with Gasteiger partial charge in [-0.3, -0.25) is 0 Å². The smallest absolute Gasteiger partial charge is 0.140 e. The van der Waals surface area contributed by atoms with Crippen molar-refractivity contribution in [1.29, 1.82) is 0 Å². The van der Waals surface area contributed by atoms with E-state index in [9.17, 15) is 4.39 Å². The van der Waals surface area contributed by atoms with E-state index in [-0.39, 0.29) is 5.83 Å². The monoisotopic (exact) mass is 276 g/mol. The van der Waals surface area contributed by atoms with E-state index in [0.717, 1.165) is 18.5 Å². The van der Waals surface area contributed by atoms with Gasteiger partial charge in [0.15, 0.2) is 0 Å². The highest BCUT2D eigenvalue weighted by atomic mass is 19.1. The van der Waals surface area contributed by atoms with Gasteiger partial charge in [-0.05, 0) is 45.9 Å². The first-order chi connectivity index (χ1) is 9.65. The molecule has 1 N–H and O–H groups in total. The second kappa shape index (κ2) is 5.48. The van der Waals surface area contributed by atoms with Crippen molar-refractivity contribution in [2.75, 3.05) is 19.4 Å². The van der Waals surface area contributed by atoms with Gasteiger partial charge in [0.2, 0.25) is 0 Å². The van der Waals surface area contributed by atoms with Crippen LogP contribution >= 0.6 is 0 Å². The number of rotatable bonds is 3. The van der Waals surface area contributed by atoms with Crippen LogP contribution in [0.5, 0.6) is 0 Å². The molecule has 0 saturated heterocycles. The van der Waals surface area contributed by atoms with Crippen LogP contribution in [-0.4, -0.2) is 41.0 Å². The summed E-state index contributed by atoms with van der Waals surface area (Å²) in [7, 11) is 4.27. The van der Waals surface area contributed by atoms with E-state index in [1.807, 2.05) is 0 Å². The highest BCUT2D eigenvalue weighted by Gasteiger charge is 2.25. The van der Waals surface area contributed by atoms with Gasteiger partial charge < -0.3 is 10.2 Å². The van der Waals surface area contributed by atoms with E-state index >= 15 is 0 Å². The molecule has 0 aliphatic heterocycles. The molecule has 0 bridgehead atoms. The number of hydrogen-bond donors (Lipinski definition) is 1. The molecule has 0 amide bonds. The number of fused-ring (bicyclic) bond motifs is 1. The van der Waals surface area contributed by atoms with Crippen molar-refractivity contribution in [2.24, 2.45) is 0 Å². The molecule has 20 heavy (non-hydrogen) atoms. The van der Waals surface area contributed by atoms with Crippen molar-refractivity contribution in [3.63, 3.8) is 0 Å². The van der Waals surface area contributed by atoms with Crippen LogP contribution in [0.4, 0.5) is 10.2 Å². The maximum absolute atomic E-state index is 13.8. The van der Waals surface area contributed by atoms with Gasteiger partial charge >= 0.3 is 0 Å². The molecule has 2 aliphatic rings. The van der Waals surface area contributed by atoms with Gasteiger partial charge in [-0.2, -0.15) is 0 Å². The lowest BCUT2D eigenvalue weighted by Crippen LogP contribution is -2.36. The Morgan fingerprint density at radius 2 is 1.95 bits per heavy atom. The minimum atomic E-state index is -0.190. The molecular formula is C15H21FN4. The molecule has 0 radical (unpaired) electrons. The molecule has 0 atom stereocenters. The second-order valence-electron chi connectivity index (χ2n) is 5.91. The quantitative estimate of drug-likeness (QED) is 0.921. The fourth-order valence-corrected chi connectivity index (χ4v) is 3.16. The van der Waals surface area contributed by atoms with Gasteiger partial charge in [-0.1, -0.05) is 0 Å². The Balaban J connectivity index is 1.68. The van der Waals surface area contributed by atoms with E-state index in [4.69, 9.17) is 0 Å². The van der Waals surface area contributed by atoms with Gasteiger partial charge in [-0.25, -0.2) is 14.4 Å². The zero-order valence-electron chi connectivity index (χ0n) is 12.1. The summed E-state index contributed by atoms with van der Waals surface area (Å²) in [5, 5.41) is 3.42. The van der Waals surface area contributed by atoms with Crippen LogP contribution in [0.15, 0.2) is 12.4 Å². The summed E-state index contributed by atoms with van der Waals surface area (Å²) in [6.45, 7) is 0. The third-order valence-electron chi connectivity index (χ3n) is 4.41. The fourth-order valence-electron chi connectivity index (χ4n) is 3.16. The number of nitrogens with zero attached hydrogens (tertiary/aromatic N) is 3. The molecular weight excluding hydrogens is 255 g/mol. The third-order valence-corrected chi connectivity index (χ3v) is 4.41. The summed E-state index contributed by atoms with van der Waals surface area (Å²) in [5.41, 5.74) is 1.37. The Hall–Kier alpha value is -1.49. The van der Waals surface area contributed by atoms with E-state index in [2.05, 4.69) is 34.3 Å². The molecule has 3 rings (SSSR count). The number of nitrogens with one attached hydrogen (secondary N) is 1. The van der Waals surface area contributed by atoms with Crippen LogP contribution in [0.25, 0.3) is 5.83 Å². The zero-order valence-corrected chi connectivity index (χ0v) is 12.1. The van der Waals surface area contributed by atoms with Crippen molar-refractivity contribution < 1.29 is 4.39 Å². The van der Waals surface area contributed by atoms with E-state index < -0.39 is 0 Å². The first kappa shape index (κ1) is 13.5. The molecule has 2 aliphatic carbocycles. The minimum Gasteiger partial charge on any atom is -0.367 e. The summed E-state index contributed by atoms with van der Waals surface area (Å²) < 4.78 is 13.8. The fraction of sp³-hybridized carbons (Fsp3) is 0.600. The lowest BCUT2D eigenvalue weighted by Gasteiger charge is -2.33. The minimum absolute atomic E-state index is 0.190. The average molecular weight is 276 g/mol. The van der Waals surface area contributed by atoms with Crippen LogP contribution in [0, 0.1) is 0 Å². The second-order valence-corrected chi connectivity index (χ2v) is 5.91. The first-order valence-electron chi connectivity index (χ1n) is 7.28. The molecule has 108 valence electrons. The Labute approximate surface area is 119 Å². The van der Waals surface area contributed by atoms with Crippen LogP contribution in [-0.2, 0) is 6.42 Å². The molecule has 5 heteroatoms. The lowest BCUT2D eigenvalue weighted by atomic mass is 9.90. The molecule has 1 heterocycles. The van der Waals surface area contributed by atoms with Gasteiger partial charge in [-0.15, -0.1) is 0 Å². The van der Waals surface area contributed by atoms with Crippen LogP contribution in [0.3, 0.4) is 0 Å². The Bertz CT molecular complexity index is 519. The Morgan fingerprint density at radius 1 is 1.20 bits per heavy atom. The SMILES string of the molecule is CN(C)C1CCC(Nc2ncnc3c2C(F)=CC3)CC1. The maximum atomic E-state index is 13.8. The molecule has 0 aromatic carbocycles. The number of aromatic nitrogens is 2. The van der Waals surface area contributed by atoms with Crippen LogP contribution in [0.1, 0.15) is 36.9 Å². The molecule has 0 unspecified atom stereocenters. The van der Waals surface area contributed by atoms with Crippen molar-refractivity contribution in [3.8, 4) is 0 Å².